The number of pyridine rings is 1. The molecule has 0 bridgehead atoms. The van der Waals surface area contributed by atoms with Gasteiger partial charge >= 0.3 is 0 Å². The molecule has 14 heavy (non-hydrogen) atoms. The first-order valence-corrected chi connectivity index (χ1v) is 6.58. The summed E-state index contributed by atoms with van der Waals surface area (Å²) in [7, 11) is 0. The van der Waals surface area contributed by atoms with Gasteiger partial charge in [-0.25, -0.2) is 0 Å². The monoisotopic (exact) mass is 294 g/mol. The van der Waals surface area contributed by atoms with E-state index >= 15 is 0 Å². The summed E-state index contributed by atoms with van der Waals surface area (Å²) in [6, 6.07) is 5.73. The smallest absolute Gasteiger partial charge is 0.101 e. The van der Waals surface area contributed by atoms with Crippen molar-refractivity contribution in [2.75, 3.05) is 0 Å². The van der Waals surface area contributed by atoms with Crippen molar-refractivity contribution >= 4 is 30.3 Å². The molecule has 0 N–H and O–H groups in total. The molecule has 3 heteroatoms. The standard InChI is InChI=1S/C11H7IN2/c13-8-10-2-1-7-14-11(10)9-3-5-12-6-4-9/h1-7H. The summed E-state index contributed by atoms with van der Waals surface area (Å²) >= 11 is 0.0886. The minimum absolute atomic E-state index is 0.0886. The molecule has 0 aliphatic carbocycles. The zero-order valence-electron chi connectivity index (χ0n) is 7.31. The fourth-order valence-electron chi connectivity index (χ4n) is 1.19. The van der Waals surface area contributed by atoms with Crippen LogP contribution in [0, 0.1) is 11.3 Å². The number of nitriles is 1. The second kappa shape index (κ2) is 4.29. The van der Waals surface area contributed by atoms with E-state index in [2.05, 4.69) is 31.3 Å². The molecule has 1 aliphatic heterocycles. The summed E-state index contributed by atoms with van der Waals surface area (Å²) in [5, 5.41) is 8.90. The molecule has 2 rings (SSSR count). The molecule has 0 aromatic carbocycles. The molecule has 0 atom stereocenters. The Hall–Kier alpha value is -1.28. The molecular formula is C11H7IN2. The zero-order chi connectivity index (χ0) is 9.80. The largest absolute Gasteiger partial charge is 0.255 e. The predicted molar refractivity (Wildman–Crippen MR) is 66.2 cm³/mol. The van der Waals surface area contributed by atoms with Crippen LogP contribution in [0.3, 0.4) is 0 Å². The fraction of sp³-hybridized carbons (Fsp3) is 0. The van der Waals surface area contributed by atoms with E-state index < -0.39 is 0 Å². The van der Waals surface area contributed by atoms with E-state index in [1.54, 1.807) is 18.3 Å². The normalized spacial score (nSPS) is 14.1. The number of rotatable bonds is 1. The van der Waals surface area contributed by atoms with E-state index in [0.717, 1.165) is 11.3 Å². The van der Waals surface area contributed by atoms with Crippen LogP contribution in [0.25, 0.3) is 5.57 Å². The maximum Gasteiger partial charge on any atom is 0.101 e. The highest BCUT2D eigenvalue weighted by Gasteiger charge is 2.05. The van der Waals surface area contributed by atoms with Crippen LogP contribution in [0.1, 0.15) is 11.3 Å². The lowest BCUT2D eigenvalue weighted by molar-refractivity contribution is 1.26. The Morgan fingerprint density at radius 2 is 2.36 bits per heavy atom. The lowest BCUT2D eigenvalue weighted by atomic mass is 10.1. The summed E-state index contributed by atoms with van der Waals surface area (Å²) in [5.41, 5.74) is 2.45. The Bertz CT molecular complexity index is 478. The molecular weight excluding hydrogens is 287 g/mol. The average molecular weight is 294 g/mol. The Labute approximate surface area is 92.3 Å². The SMILES string of the molecule is N#Cc1cccnc1C1=CC=IC=C1. The molecule has 0 amide bonds. The number of aromatic nitrogens is 1. The van der Waals surface area contributed by atoms with Gasteiger partial charge in [-0.05, 0) is 32.4 Å². The molecule has 68 valence electrons. The molecule has 0 spiro atoms. The first-order chi connectivity index (χ1) is 6.92. The van der Waals surface area contributed by atoms with Gasteiger partial charge in [-0.1, -0.05) is 20.7 Å². The first-order valence-electron chi connectivity index (χ1n) is 4.09. The summed E-state index contributed by atoms with van der Waals surface area (Å²) in [5.74, 6) is 0. The Kier molecular flexibility index (Phi) is 2.84. The van der Waals surface area contributed by atoms with E-state index in [-0.39, 0.29) is 20.7 Å². The van der Waals surface area contributed by atoms with Gasteiger partial charge < -0.3 is 0 Å². The number of nitrogens with zero attached hydrogens (tertiary/aromatic N) is 2. The third kappa shape index (κ3) is 1.80. The van der Waals surface area contributed by atoms with E-state index in [1.807, 2.05) is 0 Å². The van der Waals surface area contributed by atoms with Crippen molar-refractivity contribution in [3.8, 4) is 6.07 Å². The van der Waals surface area contributed by atoms with Crippen molar-refractivity contribution in [3.63, 3.8) is 0 Å². The summed E-state index contributed by atoms with van der Waals surface area (Å²) in [6.07, 6.45) is 5.82. The van der Waals surface area contributed by atoms with Crippen LogP contribution in [-0.4, -0.2) is 9.00 Å². The molecule has 0 radical (unpaired) electrons. The van der Waals surface area contributed by atoms with Crippen molar-refractivity contribution < 1.29 is 0 Å². The van der Waals surface area contributed by atoms with E-state index in [9.17, 15) is 0 Å². The van der Waals surface area contributed by atoms with Crippen molar-refractivity contribution in [1.82, 2.24) is 4.98 Å². The van der Waals surface area contributed by atoms with Gasteiger partial charge in [-0.2, -0.15) is 5.26 Å². The zero-order valence-corrected chi connectivity index (χ0v) is 9.47. The molecule has 0 saturated carbocycles. The van der Waals surface area contributed by atoms with Gasteiger partial charge in [0.25, 0.3) is 0 Å². The van der Waals surface area contributed by atoms with Crippen LogP contribution in [-0.2, 0) is 0 Å². The van der Waals surface area contributed by atoms with Gasteiger partial charge in [0, 0.05) is 11.8 Å². The average Bonchev–Trinajstić information content (AvgIpc) is 2.30. The third-order valence-electron chi connectivity index (χ3n) is 1.83. The molecule has 0 saturated heterocycles. The summed E-state index contributed by atoms with van der Waals surface area (Å²) < 4.78 is 4.34. The van der Waals surface area contributed by atoms with Crippen LogP contribution in [0.2, 0.25) is 0 Å². The molecule has 1 aliphatic rings. The third-order valence-corrected chi connectivity index (χ3v) is 3.38. The minimum atomic E-state index is 0.0886. The Morgan fingerprint density at radius 3 is 3.07 bits per heavy atom. The highest BCUT2D eigenvalue weighted by Crippen LogP contribution is 2.21. The van der Waals surface area contributed by atoms with Crippen LogP contribution in [0.5, 0.6) is 0 Å². The van der Waals surface area contributed by atoms with Crippen LogP contribution < -0.4 is 0 Å². The minimum Gasteiger partial charge on any atom is -0.255 e. The maximum absolute atomic E-state index is 8.90. The van der Waals surface area contributed by atoms with Crippen molar-refractivity contribution in [2.45, 2.75) is 0 Å². The summed E-state index contributed by atoms with van der Waals surface area (Å²) in [6.45, 7) is 0. The van der Waals surface area contributed by atoms with Gasteiger partial charge in [-0.3, -0.25) is 4.98 Å². The fourth-order valence-corrected chi connectivity index (χ4v) is 2.62. The second-order valence-corrected chi connectivity index (χ2v) is 4.84. The lowest BCUT2D eigenvalue weighted by Crippen LogP contribution is -1.92. The number of allylic oxidation sites excluding steroid dienone is 3. The predicted octanol–water partition coefficient (Wildman–Crippen LogP) is 2.64. The van der Waals surface area contributed by atoms with E-state index in [0.29, 0.717) is 5.56 Å². The highest BCUT2D eigenvalue weighted by atomic mass is 127. The number of halogens is 1. The Morgan fingerprint density at radius 1 is 1.43 bits per heavy atom. The number of hydrogen-bond acceptors (Lipinski definition) is 2. The van der Waals surface area contributed by atoms with Crippen LogP contribution in [0.15, 0.2) is 34.6 Å². The van der Waals surface area contributed by atoms with E-state index in [1.165, 1.54) is 0 Å². The van der Waals surface area contributed by atoms with Gasteiger partial charge in [-0.15, -0.1) is 0 Å². The molecule has 1 aromatic heterocycles. The maximum atomic E-state index is 8.90. The quantitative estimate of drug-likeness (QED) is 0.747. The van der Waals surface area contributed by atoms with Crippen LogP contribution >= 0.6 is 20.7 Å². The lowest BCUT2D eigenvalue weighted by Gasteiger charge is -2.03. The molecule has 2 nitrogen and oxygen atoms in total. The van der Waals surface area contributed by atoms with Gasteiger partial charge in [0.1, 0.15) is 6.07 Å². The van der Waals surface area contributed by atoms with Gasteiger partial charge in [0.2, 0.25) is 0 Å². The van der Waals surface area contributed by atoms with Crippen LogP contribution in [0.4, 0.5) is 0 Å². The van der Waals surface area contributed by atoms with Crippen molar-refractivity contribution in [3.05, 3.63) is 45.8 Å². The summed E-state index contributed by atoms with van der Waals surface area (Å²) in [4.78, 5) is 4.22. The van der Waals surface area contributed by atoms with E-state index in [4.69, 9.17) is 5.26 Å². The number of hydrogen-bond donors (Lipinski definition) is 0. The molecule has 0 unspecified atom stereocenters. The molecule has 0 fully saturated rings. The van der Waals surface area contributed by atoms with Crippen molar-refractivity contribution in [1.29, 1.82) is 5.26 Å². The molecule has 2 heterocycles. The van der Waals surface area contributed by atoms with Gasteiger partial charge in [0.05, 0.1) is 11.3 Å². The second-order valence-electron chi connectivity index (χ2n) is 2.68. The first kappa shape index (κ1) is 9.28. The molecule has 1 aromatic rings. The highest BCUT2D eigenvalue weighted by molar-refractivity contribution is 14.2. The van der Waals surface area contributed by atoms with Crippen molar-refractivity contribution in [2.24, 2.45) is 0 Å². The Balaban J connectivity index is 2.52. The van der Waals surface area contributed by atoms with Gasteiger partial charge in [0.15, 0.2) is 0 Å². The topological polar surface area (TPSA) is 36.7 Å².